The zero-order chi connectivity index (χ0) is 21.8. The standard InChI is InChI=1S/C23H23FN4O3/c1-30-18-7-8-19(21(13-18)31-2)23(29)28-11-9-27(10-12-28)22-14-20(25-15-26-22)16-3-5-17(24)6-4-16/h3-8,13-15H,9-12H2,1-2H3. The van der Waals surface area contributed by atoms with Crippen molar-refractivity contribution in [2.45, 2.75) is 0 Å². The van der Waals surface area contributed by atoms with E-state index in [1.807, 2.05) is 11.0 Å². The lowest BCUT2D eigenvalue weighted by atomic mass is 10.1. The highest BCUT2D eigenvalue weighted by Crippen LogP contribution is 2.27. The summed E-state index contributed by atoms with van der Waals surface area (Å²) in [7, 11) is 3.11. The predicted molar refractivity (Wildman–Crippen MR) is 115 cm³/mol. The molecule has 1 saturated heterocycles. The van der Waals surface area contributed by atoms with E-state index in [0.717, 1.165) is 17.1 Å². The Bertz CT molecular complexity index is 1070. The first-order chi connectivity index (χ1) is 15.1. The Morgan fingerprint density at radius 2 is 1.68 bits per heavy atom. The minimum absolute atomic E-state index is 0.0751. The van der Waals surface area contributed by atoms with Crippen LogP contribution in [0.25, 0.3) is 11.3 Å². The van der Waals surface area contributed by atoms with E-state index in [9.17, 15) is 9.18 Å². The van der Waals surface area contributed by atoms with Gasteiger partial charge in [0.05, 0.1) is 25.5 Å². The number of carbonyl (C=O) groups excluding carboxylic acids is 1. The summed E-state index contributed by atoms with van der Waals surface area (Å²) in [5.41, 5.74) is 2.06. The van der Waals surface area contributed by atoms with Crippen molar-refractivity contribution in [2.75, 3.05) is 45.3 Å². The summed E-state index contributed by atoms with van der Waals surface area (Å²) in [6.45, 7) is 2.40. The molecule has 31 heavy (non-hydrogen) atoms. The van der Waals surface area contributed by atoms with Gasteiger partial charge in [-0.2, -0.15) is 0 Å². The molecular formula is C23H23FN4O3. The number of halogens is 1. The van der Waals surface area contributed by atoms with E-state index in [-0.39, 0.29) is 11.7 Å². The molecule has 7 nitrogen and oxygen atoms in total. The van der Waals surface area contributed by atoms with Gasteiger partial charge in [0.2, 0.25) is 0 Å². The molecule has 1 amide bonds. The van der Waals surface area contributed by atoms with Gasteiger partial charge in [0, 0.05) is 43.9 Å². The van der Waals surface area contributed by atoms with Gasteiger partial charge < -0.3 is 19.3 Å². The summed E-state index contributed by atoms with van der Waals surface area (Å²) >= 11 is 0. The summed E-state index contributed by atoms with van der Waals surface area (Å²) in [6, 6.07) is 13.3. The van der Waals surface area contributed by atoms with Gasteiger partial charge in [-0.15, -0.1) is 0 Å². The maximum atomic E-state index is 13.2. The normalized spacial score (nSPS) is 13.8. The van der Waals surface area contributed by atoms with Crippen molar-refractivity contribution < 1.29 is 18.7 Å². The van der Waals surface area contributed by atoms with E-state index in [2.05, 4.69) is 14.9 Å². The molecule has 1 aliphatic rings. The molecule has 0 atom stereocenters. The molecular weight excluding hydrogens is 399 g/mol. The number of hydrogen-bond acceptors (Lipinski definition) is 6. The van der Waals surface area contributed by atoms with Gasteiger partial charge in [0.15, 0.2) is 0 Å². The number of amides is 1. The Hall–Kier alpha value is -3.68. The predicted octanol–water partition coefficient (Wildman–Crippen LogP) is 3.26. The third kappa shape index (κ3) is 4.42. The average Bonchev–Trinajstić information content (AvgIpc) is 2.84. The second-order valence-corrected chi connectivity index (χ2v) is 7.11. The molecule has 0 spiro atoms. The van der Waals surface area contributed by atoms with Crippen LogP contribution >= 0.6 is 0 Å². The van der Waals surface area contributed by atoms with Gasteiger partial charge in [-0.1, -0.05) is 0 Å². The molecule has 2 heterocycles. The van der Waals surface area contributed by atoms with Gasteiger partial charge in [0.1, 0.15) is 29.5 Å². The zero-order valence-corrected chi connectivity index (χ0v) is 17.4. The lowest BCUT2D eigenvalue weighted by molar-refractivity contribution is 0.0743. The molecule has 1 fully saturated rings. The maximum Gasteiger partial charge on any atom is 0.257 e. The van der Waals surface area contributed by atoms with Gasteiger partial charge in [-0.25, -0.2) is 14.4 Å². The van der Waals surface area contributed by atoms with Crippen molar-refractivity contribution in [3.05, 3.63) is 66.2 Å². The fourth-order valence-electron chi connectivity index (χ4n) is 3.58. The Kier molecular flexibility index (Phi) is 5.97. The Morgan fingerprint density at radius 3 is 2.35 bits per heavy atom. The largest absolute Gasteiger partial charge is 0.497 e. The number of benzene rings is 2. The van der Waals surface area contributed by atoms with E-state index in [1.54, 1.807) is 37.4 Å². The van der Waals surface area contributed by atoms with E-state index in [0.29, 0.717) is 43.2 Å². The molecule has 160 valence electrons. The minimum atomic E-state index is -0.285. The Balaban J connectivity index is 1.45. The van der Waals surface area contributed by atoms with Crippen LogP contribution in [-0.2, 0) is 0 Å². The van der Waals surface area contributed by atoms with Crippen molar-refractivity contribution in [1.29, 1.82) is 0 Å². The third-order valence-corrected chi connectivity index (χ3v) is 5.32. The molecule has 4 rings (SSSR count). The first-order valence-electron chi connectivity index (χ1n) is 9.93. The summed E-state index contributed by atoms with van der Waals surface area (Å²) in [5.74, 6) is 1.55. The van der Waals surface area contributed by atoms with Crippen LogP contribution in [0.15, 0.2) is 54.9 Å². The Morgan fingerprint density at radius 1 is 0.935 bits per heavy atom. The smallest absolute Gasteiger partial charge is 0.257 e. The molecule has 0 N–H and O–H groups in total. The molecule has 8 heteroatoms. The molecule has 0 radical (unpaired) electrons. The molecule has 2 aromatic carbocycles. The van der Waals surface area contributed by atoms with Crippen LogP contribution in [0.5, 0.6) is 11.5 Å². The number of hydrogen-bond donors (Lipinski definition) is 0. The number of ether oxygens (including phenoxy) is 2. The monoisotopic (exact) mass is 422 g/mol. The first kappa shape index (κ1) is 20.6. The second kappa shape index (κ2) is 8.99. The quantitative estimate of drug-likeness (QED) is 0.629. The van der Waals surface area contributed by atoms with E-state index in [4.69, 9.17) is 9.47 Å². The van der Waals surface area contributed by atoms with Crippen LogP contribution in [0.4, 0.5) is 10.2 Å². The summed E-state index contributed by atoms with van der Waals surface area (Å²) in [5, 5.41) is 0. The average molecular weight is 422 g/mol. The summed E-state index contributed by atoms with van der Waals surface area (Å²) in [6.07, 6.45) is 1.51. The summed E-state index contributed by atoms with van der Waals surface area (Å²) < 4.78 is 23.8. The number of aromatic nitrogens is 2. The fraction of sp³-hybridized carbons (Fsp3) is 0.261. The molecule has 1 aromatic heterocycles. The van der Waals surface area contributed by atoms with Crippen molar-refractivity contribution >= 4 is 11.7 Å². The van der Waals surface area contributed by atoms with Gasteiger partial charge >= 0.3 is 0 Å². The SMILES string of the molecule is COc1ccc(C(=O)N2CCN(c3cc(-c4ccc(F)cc4)ncn3)CC2)c(OC)c1. The third-order valence-electron chi connectivity index (χ3n) is 5.32. The van der Waals surface area contributed by atoms with Crippen LogP contribution in [0.1, 0.15) is 10.4 Å². The van der Waals surface area contributed by atoms with Crippen molar-refractivity contribution in [1.82, 2.24) is 14.9 Å². The highest BCUT2D eigenvalue weighted by Gasteiger charge is 2.25. The topological polar surface area (TPSA) is 67.8 Å². The van der Waals surface area contributed by atoms with Gasteiger partial charge in [-0.3, -0.25) is 4.79 Å². The number of rotatable bonds is 5. The van der Waals surface area contributed by atoms with Crippen molar-refractivity contribution in [3.8, 4) is 22.8 Å². The van der Waals surface area contributed by atoms with Crippen LogP contribution in [0.2, 0.25) is 0 Å². The molecule has 0 aliphatic carbocycles. The summed E-state index contributed by atoms with van der Waals surface area (Å²) in [4.78, 5) is 25.6. The first-order valence-corrected chi connectivity index (χ1v) is 9.93. The molecule has 3 aromatic rings. The lowest BCUT2D eigenvalue weighted by Crippen LogP contribution is -2.49. The van der Waals surface area contributed by atoms with Crippen molar-refractivity contribution in [2.24, 2.45) is 0 Å². The number of nitrogens with zero attached hydrogens (tertiary/aromatic N) is 4. The highest BCUT2D eigenvalue weighted by atomic mass is 19.1. The molecule has 0 bridgehead atoms. The van der Waals surface area contributed by atoms with E-state index in [1.165, 1.54) is 25.6 Å². The minimum Gasteiger partial charge on any atom is -0.497 e. The fourth-order valence-corrected chi connectivity index (χ4v) is 3.58. The number of piperazine rings is 1. The molecule has 0 unspecified atom stereocenters. The zero-order valence-electron chi connectivity index (χ0n) is 17.4. The van der Waals surface area contributed by atoms with Gasteiger partial charge in [-0.05, 0) is 36.4 Å². The van der Waals surface area contributed by atoms with Gasteiger partial charge in [0.25, 0.3) is 5.91 Å². The van der Waals surface area contributed by atoms with Crippen LogP contribution in [-0.4, -0.2) is 61.2 Å². The van der Waals surface area contributed by atoms with E-state index >= 15 is 0 Å². The maximum absolute atomic E-state index is 13.2. The van der Waals surface area contributed by atoms with Crippen LogP contribution in [0.3, 0.4) is 0 Å². The lowest BCUT2D eigenvalue weighted by Gasteiger charge is -2.35. The van der Waals surface area contributed by atoms with Crippen molar-refractivity contribution in [3.63, 3.8) is 0 Å². The Labute approximate surface area is 180 Å². The number of methoxy groups -OCH3 is 2. The van der Waals surface area contributed by atoms with E-state index < -0.39 is 0 Å². The van der Waals surface area contributed by atoms with Crippen LogP contribution < -0.4 is 14.4 Å². The molecule has 0 saturated carbocycles. The second-order valence-electron chi connectivity index (χ2n) is 7.11. The highest BCUT2D eigenvalue weighted by molar-refractivity contribution is 5.97. The molecule has 1 aliphatic heterocycles. The number of carbonyl (C=O) groups is 1. The number of anilines is 1. The van der Waals surface area contributed by atoms with Crippen LogP contribution in [0, 0.1) is 5.82 Å².